The summed E-state index contributed by atoms with van der Waals surface area (Å²) in [5.74, 6) is 1.64. The predicted molar refractivity (Wildman–Crippen MR) is 88.1 cm³/mol. The fourth-order valence-electron chi connectivity index (χ4n) is 3.03. The Balaban J connectivity index is 1.89. The van der Waals surface area contributed by atoms with E-state index in [1.807, 2.05) is 6.20 Å². The first-order valence-electron chi connectivity index (χ1n) is 7.13. The highest BCUT2D eigenvalue weighted by molar-refractivity contribution is 9.10. The minimum absolute atomic E-state index is 0.503. The van der Waals surface area contributed by atoms with Gasteiger partial charge in [0, 0.05) is 34.0 Å². The normalized spacial score (nSPS) is 23.9. The average Bonchev–Trinajstić information content (AvgIpc) is 2.43. The Hall–Kier alpha value is -1.13. The molecule has 1 saturated heterocycles. The second-order valence-electron chi connectivity index (χ2n) is 5.77. The molecule has 1 N–H and O–H groups in total. The van der Waals surface area contributed by atoms with Crippen LogP contribution in [0.3, 0.4) is 0 Å². The molecule has 1 aromatic carbocycles. The molecule has 0 spiro atoms. The maximum Gasteiger partial charge on any atom is 0.134 e. The minimum Gasteiger partial charge on any atom is -0.366 e. The molecule has 1 aromatic heterocycles. The molecule has 0 bridgehead atoms. The first-order chi connectivity index (χ1) is 9.65. The van der Waals surface area contributed by atoms with E-state index in [1.165, 1.54) is 17.2 Å². The van der Waals surface area contributed by atoms with E-state index >= 15 is 0 Å². The minimum atomic E-state index is 0.503. The van der Waals surface area contributed by atoms with Crippen LogP contribution in [0.2, 0.25) is 0 Å². The third kappa shape index (κ3) is 2.67. The summed E-state index contributed by atoms with van der Waals surface area (Å²) in [4.78, 5) is 6.95. The van der Waals surface area contributed by atoms with Gasteiger partial charge in [0.15, 0.2) is 0 Å². The van der Waals surface area contributed by atoms with E-state index < -0.39 is 0 Å². The topological polar surface area (TPSA) is 28.2 Å². The van der Waals surface area contributed by atoms with Gasteiger partial charge >= 0.3 is 0 Å². The Morgan fingerprint density at radius 2 is 2.15 bits per heavy atom. The lowest BCUT2D eigenvalue weighted by molar-refractivity contribution is 0.206. The van der Waals surface area contributed by atoms with E-state index in [1.54, 1.807) is 0 Å². The number of hydrogen-bond donors (Lipinski definition) is 1. The Morgan fingerprint density at radius 3 is 2.95 bits per heavy atom. The number of anilines is 1. The molecule has 1 aliphatic rings. The van der Waals surface area contributed by atoms with Gasteiger partial charge in [-0.2, -0.15) is 0 Å². The summed E-state index contributed by atoms with van der Waals surface area (Å²) in [6.07, 6.45) is 3.05. The Morgan fingerprint density at radius 1 is 1.30 bits per heavy atom. The fourth-order valence-corrected chi connectivity index (χ4v) is 3.53. The number of nitrogens with zero attached hydrogens (tertiary/aromatic N) is 2. The zero-order valence-electron chi connectivity index (χ0n) is 11.9. The van der Waals surface area contributed by atoms with Gasteiger partial charge < -0.3 is 10.2 Å². The van der Waals surface area contributed by atoms with Crippen molar-refractivity contribution in [2.45, 2.75) is 19.4 Å². The maximum atomic E-state index is 4.55. The number of halogens is 1. The molecule has 2 aromatic rings. The van der Waals surface area contributed by atoms with Crippen LogP contribution in [-0.2, 0) is 0 Å². The highest BCUT2D eigenvalue weighted by atomic mass is 79.9. The van der Waals surface area contributed by atoms with Crippen molar-refractivity contribution in [2.24, 2.45) is 5.92 Å². The van der Waals surface area contributed by atoms with Crippen LogP contribution in [0.25, 0.3) is 10.8 Å². The van der Waals surface area contributed by atoms with E-state index in [-0.39, 0.29) is 0 Å². The van der Waals surface area contributed by atoms with Gasteiger partial charge in [-0.25, -0.2) is 4.98 Å². The zero-order chi connectivity index (χ0) is 14.1. The molecule has 0 aliphatic carbocycles. The van der Waals surface area contributed by atoms with Crippen molar-refractivity contribution in [2.75, 3.05) is 25.5 Å². The lowest BCUT2D eigenvalue weighted by atomic mass is 9.94. The molecular weight excluding hydrogens is 314 g/mol. The lowest BCUT2D eigenvalue weighted by Crippen LogP contribution is -2.43. The van der Waals surface area contributed by atoms with Gasteiger partial charge in [0.05, 0.1) is 0 Å². The van der Waals surface area contributed by atoms with Crippen LogP contribution >= 0.6 is 15.9 Å². The third-order valence-corrected chi connectivity index (χ3v) is 4.87. The number of aromatic nitrogens is 1. The van der Waals surface area contributed by atoms with Crippen molar-refractivity contribution in [3.05, 3.63) is 34.9 Å². The zero-order valence-corrected chi connectivity index (χ0v) is 13.5. The predicted octanol–water partition coefficient (Wildman–Crippen LogP) is 3.75. The monoisotopic (exact) mass is 333 g/mol. The van der Waals surface area contributed by atoms with Gasteiger partial charge in [-0.15, -0.1) is 0 Å². The summed E-state index contributed by atoms with van der Waals surface area (Å²) in [7, 11) is 2.19. The molecule has 2 unspecified atom stereocenters. The van der Waals surface area contributed by atoms with Crippen LogP contribution in [0.4, 0.5) is 5.82 Å². The number of fused-ring (bicyclic) bond motifs is 1. The number of rotatable bonds is 2. The Bertz CT molecular complexity index is 614. The van der Waals surface area contributed by atoms with Gasteiger partial charge in [0.1, 0.15) is 5.82 Å². The van der Waals surface area contributed by atoms with Crippen molar-refractivity contribution in [1.82, 2.24) is 9.88 Å². The summed E-state index contributed by atoms with van der Waals surface area (Å²) >= 11 is 3.61. The first-order valence-corrected chi connectivity index (χ1v) is 7.93. The number of hydrogen-bond acceptors (Lipinski definition) is 3. The molecule has 0 saturated carbocycles. The van der Waals surface area contributed by atoms with Crippen LogP contribution in [0.5, 0.6) is 0 Å². The van der Waals surface area contributed by atoms with Crippen LogP contribution in [0.15, 0.2) is 34.9 Å². The summed E-state index contributed by atoms with van der Waals surface area (Å²) in [6.45, 7) is 4.61. The second kappa shape index (κ2) is 5.70. The number of nitrogens with one attached hydrogen (secondary N) is 1. The molecule has 1 fully saturated rings. The molecule has 1 aliphatic heterocycles. The largest absolute Gasteiger partial charge is 0.366 e. The quantitative estimate of drug-likeness (QED) is 0.907. The molecule has 4 heteroatoms. The molecule has 0 radical (unpaired) electrons. The molecular formula is C16H20BrN3. The van der Waals surface area contributed by atoms with Gasteiger partial charge in [-0.1, -0.05) is 35.0 Å². The fraction of sp³-hybridized carbons (Fsp3) is 0.438. The maximum absolute atomic E-state index is 4.55. The highest BCUT2D eigenvalue weighted by Gasteiger charge is 2.24. The van der Waals surface area contributed by atoms with E-state index in [9.17, 15) is 0 Å². The molecule has 0 amide bonds. The highest BCUT2D eigenvalue weighted by Crippen LogP contribution is 2.29. The van der Waals surface area contributed by atoms with Gasteiger partial charge in [0.25, 0.3) is 0 Å². The molecule has 3 nitrogen and oxygen atoms in total. The van der Waals surface area contributed by atoms with Crippen molar-refractivity contribution >= 4 is 32.5 Å². The lowest BCUT2D eigenvalue weighted by Gasteiger charge is -2.35. The molecule has 3 rings (SSSR count). The third-order valence-electron chi connectivity index (χ3n) is 4.18. The Kier molecular flexibility index (Phi) is 3.94. The molecule has 2 atom stereocenters. The SMILES string of the molecule is CC1CN(C)CCC1Nc1nccc2c(Br)cccc12. The van der Waals surface area contributed by atoms with Crippen molar-refractivity contribution in [1.29, 1.82) is 0 Å². The van der Waals surface area contributed by atoms with Gasteiger partial charge in [-0.05, 0) is 38.1 Å². The van der Waals surface area contributed by atoms with Crippen LogP contribution in [0.1, 0.15) is 13.3 Å². The van der Waals surface area contributed by atoms with E-state index in [4.69, 9.17) is 0 Å². The van der Waals surface area contributed by atoms with Gasteiger partial charge in [0.2, 0.25) is 0 Å². The second-order valence-corrected chi connectivity index (χ2v) is 6.63. The summed E-state index contributed by atoms with van der Waals surface area (Å²) < 4.78 is 1.12. The Labute approximate surface area is 128 Å². The van der Waals surface area contributed by atoms with Crippen molar-refractivity contribution in [3.8, 4) is 0 Å². The number of likely N-dealkylation sites (tertiary alicyclic amines) is 1. The van der Waals surface area contributed by atoms with Crippen LogP contribution in [-0.4, -0.2) is 36.1 Å². The standard InChI is InChI=1S/C16H20BrN3/c1-11-10-20(2)9-7-15(11)19-16-13-4-3-5-14(17)12(13)6-8-18-16/h3-6,8,11,15H,7,9-10H2,1-2H3,(H,18,19). The van der Waals surface area contributed by atoms with Crippen LogP contribution < -0.4 is 5.32 Å². The van der Waals surface area contributed by atoms with E-state index in [0.29, 0.717) is 12.0 Å². The van der Waals surface area contributed by atoms with Crippen LogP contribution in [0, 0.1) is 5.92 Å². The summed E-state index contributed by atoms with van der Waals surface area (Å²) in [5.41, 5.74) is 0. The first kappa shape index (κ1) is 13.8. The smallest absolute Gasteiger partial charge is 0.134 e. The molecule has 20 heavy (non-hydrogen) atoms. The number of pyridine rings is 1. The summed E-state index contributed by atoms with van der Waals surface area (Å²) in [6, 6.07) is 8.84. The molecule has 106 valence electrons. The van der Waals surface area contributed by atoms with Gasteiger partial charge in [-0.3, -0.25) is 0 Å². The van der Waals surface area contributed by atoms with E-state index in [2.05, 4.69) is 69.4 Å². The van der Waals surface area contributed by atoms with Crippen molar-refractivity contribution < 1.29 is 0 Å². The number of benzene rings is 1. The number of piperidine rings is 1. The van der Waals surface area contributed by atoms with E-state index in [0.717, 1.165) is 23.4 Å². The average molecular weight is 334 g/mol. The van der Waals surface area contributed by atoms with Crippen molar-refractivity contribution in [3.63, 3.8) is 0 Å². The molecule has 2 heterocycles. The summed E-state index contributed by atoms with van der Waals surface area (Å²) in [5, 5.41) is 6.06.